The minimum atomic E-state index is -0.257. The fourth-order valence-electron chi connectivity index (χ4n) is 1.19. The van der Waals surface area contributed by atoms with Crippen LogP contribution in [0.5, 0.6) is 0 Å². The Kier molecular flexibility index (Phi) is 3.63. The van der Waals surface area contributed by atoms with Crippen molar-refractivity contribution >= 4 is 6.21 Å². The molecule has 1 heterocycles. The molecule has 0 fully saturated rings. The van der Waals surface area contributed by atoms with Crippen LogP contribution in [0, 0.1) is 0 Å². The molecule has 0 atom stereocenters. The smallest absolute Gasteiger partial charge is 0.217 e. The summed E-state index contributed by atoms with van der Waals surface area (Å²) in [6.07, 6.45) is 3.56. The van der Waals surface area contributed by atoms with Crippen molar-refractivity contribution in [2.24, 2.45) is 4.99 Å². The standard InChI is InChI=1S/C12H22N2O2/c1-11(2,3)15-10-7-8-13-9-14(10)16-12(4,5)6/h7-8H,9H2,1-6H3. The summed E-state index contributed by atoms with van der Waals surface area (Å²) in [6, 6.07) is 0. The summed E-state index contributed by atoms with van der Waals surface area (Å²) in [5.74, 6) is 0.706. The number of ether oxygens (including phenoxy) is 1. The van der Waals surface area contributed by atoms with Gasteiger partial charge >= 0.3 is 0 Å². The Morgan fingerprint density at radius 1 is 1.12 bits per heavy atom. The van der Waals surface area contributed by atoms with Crippen molar-refractivity contribution in [3.63, 3.8) is 0 Å². The monoisotopic (exact) mass is 226 g/mol. The molecule has 0 amide bonds. The minimum absolute atomic E-state index is 0.240. The second-order valence-electron chi connectivity index (χ2n) is 5.77. The molecule has 0 unspecified atom stereocenters. The van der Waals surface area contributed by atoms with Gasteiger partial charge in [0.25, 0.3) is 0 Å². The zero-order valence-corrected chi connectivity index (χ0v) is 11.1. The van der Waals surface area contributed by atoms with Gasteiger partial charge in [-0.3, -0.25) is 9.83 Å². The number of allylic oxidation sites excluding steroid dienone is 1. The van der Waals surface area contributed by atoms with E-state index in [4.69, 9.17) is 9.57 Å². The first-order valence-electron chi connectivity index (χ1n) is 5.53. The highest BCUT2D eigenvalue weighted by molar-refractivity contribution is 5.72. The van der Waals surface area contributed by atoms with Crippen molar-refractivity contribution in [2.45, 2.75) is 52.7 Å². The molecule has 4 heteroatoms. The van der Waals surface area contributed by atoms with E-state index in [2.05, 4.69) is 4.99 Å². The van der Waals surface area contributed by atoms with Crippen LogP contribution in [-0.2, 0) is 9.57 Å². The minimum Gasteiger partial charge on any atom is -0.472 e. The zero-order valence-electron chi connectivity index (χ0n) is 11.1. The van der Waals surface area contributed by atoms with Crippen molar-refractivity contribution < 1.29 is 9.57 Å². The number of nitrogens with zero attached hydrogens (tertiary/aromatic N) is 2. The SMILES string of the molecule is CC(C)(C)OC1=CC=NCN1OC(C)(C)C. The highest BCUT2D eigenvalue weighted by atomic mass is 16.7. The van der Waals surface area contributed by atoms with E-state index in [0.717, 1.165) is 0 Å². The van der Waals surface area contributed by atoms with Gasteiger partial charge in [0.2, 0.25) is 5.88 Å². The third kappa shape index (κ3) is 4.66. The van der Waals surface area contributed by atoms with Crippen LogP contribution in [0.1, 0.15) is 41.5 Å². The number of hydroxylamine groups is 2. The molecule has 0 aromatic rings. The van der Waals surface area contributed by atoms with E-state index in [-0.39, 0.29) is 11.2 Å². The quantitative estimate of drug-likeness (QED) is 0.726. The first-order chi connectivity index (χ1) is 7.17. The van der Waals surface area contributed by atoms with E-state index in [1.807, 2.05) is 47.6 Å². The summed E-state index contributed by atoms with van der Waals surface area (Å²) < 4.78 is 5.81. The van der Waals surface area contributed by atoms with Gasteiger partial charge in [0.05, 0.1) is 5.60 Å². The molecular weight excluding hydrogens is 204 g/mol. The largest absolute Gasteiger partial charge is 0.472 e. The van der Waals surface area contributed by atoms with Gasteiger partial charge in [-0.25, -0.2) is 0 Å². The predicted octanol–water partition coefficient (Wildman–Crippen LogP) is 2.72. The Hall–Kier alpha value is -1.03. The van der Waals surface area contributed by atoms with Crippen molar-refractivity contribution in [1.82, 2.24) is 5.06 Å². The van der Waals surface area contributed by atoms with Gasteiger partial charge in [-0.1, -0.05) is 0 Å². The van der Waals surface area contributed by atoms with Crippen molar-refractivity contribution in [2.75, 3.05) is 6.67 Å². The summed E-state index contributed by atoms with van der Waals surface area (Å²) in [5, 5.41) is 1.69. The fraction of sp³-hybridized carbons (Fsp3) is 0.750. The highest BCUT2D eigenvalue weighted by Gasteiger charge is 2.24. The van der Waals surface area contributed by atoms with E-state index in [0.29, 0.717) is 12.6 Å². The van der Waals surface area contributed by atoms with Gasteiger partial charge < -0.3 is 4.74 Å². The molecule has 0 saturated carbocycles. The summed E-state index contributed by atoms with van der Waals surface area (Å²) in [6.45, 7) is 12.5. The summed E-state index contributed by atoms with van der Waals surface area (Å²) in [4.78, 5) is 9.91. The lowest BCUT2D eigenvalue weighted by Gasteiger charge is -2.35. The first-order valence-corrected chi connectivity index (χ1v) is 5.53. The fourth-order valence-corrected chi connectivity index (χ4v) is 1.19. The molecule has 0 N–H and O–H groups in total. The van der Waals surface area contributed by atoms with E-state index in [9.17, 15) is 0 Å². The Labute approximate surface area is 97.9 Å². The molecule has 1 aliphatic heterocycles. The molecule has 1 rings (SSSR count). The molecule has 0 aromatic heterocycles. The van der Waals surface area contributed by atoms with Crippen LogP contribution >= 0.6 is 0 Å². The van der Waals surface area contributed by atoms with Gasteiger partial charge in [0.1, 0.15) is 12.3 Å². The Morgan fingerprint density at radius 3 is 2.25 bits per heavy atom. The Balaban J connectivity index is 2.71. The first kappa shape index (κ1) is 13.0. The summed E-state index contributed by atoms with van der Waals surface area (Å²) in [5.41, 5.74) is -0.496. The van der Waals surface area contributed by atoms with Crippen LogP contribution in [0.2, 0.25) is 0 Å². The van der Waals surface area contributed by atoms with Crippen LogP contribution in [0.4, 0.5) is 0 Å². The van der Waals surface area contributed by atoms with Crippen molar-refractivity contribution in [3.8, 4) is 0 Å². The molecule has 0 spiro atoms. The lowest BCUT2D eigenvalue weighted by molar-refractivity contribution is -0.238. The average molecular weight is 226 g/mol. The van der Waals surface area contributed by atoms with Crippen LogP contribution in [-0.4, -0.2) is 29.1 Å². The lowest BCUT2D eigenvalue weighted by atomic mass is 10.2. The van der Waals surface area contributed by atoms with Gasteiger partial charge in [-0.2, -0.15) is 5.06 Å². The van der Waals surface area contributed by atoms with Crippen LogP contribution in [0.25, 0.3) is 0 Å². The van der Waals surface area contributed by atoms with Gasteiger partial charge in [0, 0.05) is 12.3 Å². The maximum atomic E-state index is 5.81. The molecule has 92 valence electrons. The summed E-state index contributed by atoms with van der Waals surface area (Å²) >= 11 is 0. The molecule has 0 aliphatic carbocycles. The van der Waals surface area contributed by atoms with Crippen molar-refractivity contribution in [3.05, 3.63) is 12.0 Å². The van der Waals surface area contributed by atoms with Crippen LogP contribution in [0.3, 0.4) is 0 Å². The molecule has 1 aliphatic rings. The molecule has 0 bridgehead atoms. The number of hydrogen-bond acceptors (Lipinski definition) is 4. The lowest BCUT2D eigenvalue weighted by Crippen LogP contribution is -2.38. The third-order valence-corrected chi connectivity index (χ3v) is 1.57. The topological polar surface area (TPSA) is 34.1 Å². The van der Waals surface area contributed by atoms with Crippen LogP contribution in [0.15, 0.2) is 17.0 Å². The Bertz CT molecular complexity index is 295. The van der Waals surface area contributed by atoms with E-state index in [1.54, 1.807) is 11.3 Å². The van der Waals surface area contributed by atoms with Crippen LogP contribution < -0.4 is 0 Å². The van der Waals surface area contributed by atoms with Crippen molar-refractivity contribution in [1.29, 1.82) is 0 Å². The molecule has 4 nitrogen and oxygen atoms in total. The molecule has 16 heavy (non-hydrogen) atoms. The van der Waals surface area contributed by atoms with E-state index >= 15 is 0 Å². The summed E-state index contributed by atoms with van der Waals surface area (Å²) in [7, 11) is 0. The highest BCUT2D eigenvalue weighted by Crippen LogP contribution is 2.22. The average Bonchev–Trinajstić information content (AvgIpc) is 2.03. The number of hydrogen-bond donors (Lipinski definition) is 0. The maximum Gasteiger partial charge on any atom is 0.217 e. The Morgan fingerprint density at radius 2 is 1.75 bits per heavy atom. The van der Waals surface area contributed by atoms with Gasteiger partial charge in [-0.05, 0) is 41.5 Å². The van der Waals surface area contributed by atoms with E-state index in [1.165, 1.54) is 0 Å². The second kappa shape index (κ2) is 4.45. The predicted molar refractivity (Wildman–Crippen MR) is 65.0 cm³/mol. The molecule has 0 aromatic carbocycles. The molecule has 0 saturated heterocycles. The maximum absolute atomic E-state index is 5.81. The number of rotatable bonds is 2. The second-order valence-corrected chi connectivity index (χ2v) is 5.77. The van der Waals surface area contributed by atoms with Gasteiger partial charge in [0.15, 0.2) is 0 Å². The normalized spacial score (nSPS) is 17.4. The third-order valence-electron chi connectivity index (χ3n) is 1.57. The molecule has 0 radical (unpaired) electrons. The van der Waals surface area contributed by atoms with Gasteiger partial charge in [-0.15, -0.1) is 0 Å². The molecular formula is C12H22N2O2. The zero-order chi connectivity index (χ0) is 12.4. The van der Waals surface area contributed by atoms with E-state index < -0.39 is 0 Å². The number of aliphatic imine (C=N–C) groups is 1.